The van der Waals surface area contributed by atoms with Crippen molar-refractivity contribution >= 4 is 5.65 Å². The molecule has 0 bridgehead atoms. The van der Waals surface area contributed by atoms with Crippen LogP contribution in [-0.2, 0) is 19.6 Å². The molecule has 0 aliphatic carbocycles. The van der Waals surface area contributed by atoms with Gasteiger partial charge in [0.05, 0.1) is 6.54 Å². The largest absolute Gasteiger partial charge is 0.349 e. The van der Waals surface area contributed by atoms with Crippen LogP contribution in [0.25, 0.3) is 5.65 Å². The number of aryl methyl sites for hydroxylation is 1. The van der Waals surface area contributed by atoms with Gasteiger partial charge in [0.25, 0.3) is 0 Å². The summed E-state index contributed by atoms with van der Waals surface area (Å²) >= 11 is 0. The maximum atomic E-state index is 4.23. The van der Waals surface area contributed by atoms with Crippen LogP contribution in [0.15, 0.2) is 30.5 Å². The highest BCUT2D eigenvalue weighted by atomic mass is 15.3. The molecule has 1 N–H and O–H groups in total. The molecule has 0 aliphatic heterocycles. The van der Waals surface area contributed by atoms with Gasteiger partial charge in [-0.3, -0.25) is 4.40 Å². The van der Waals surface area contributed by atoms with Crippen LogP contribution in [0.4, 0.5) is 0 Å². The standard InChI is InChI=1S/C16H21N5/c1-4-20-12(2)9-14(13(20)3)10-17-11-16-19-18-15-7-5-6-8-21(15)16/h5-9,17H,4,10-11H2,1-3H3. The lowest BCUT2D eigenvalue weighted by atomic mass is 10.2. The molecule has 0 amide bonds. The summed E-state index contributed by atoms with van der Waals surface area (Å²) in [7, 11) is 0. The van der Waals surface area contributed by atoms with Crippen LogP contribution in [0.3, 0.4) is 0 Å². The van der Waals surface area contributed by atoms with Gasteiger partial charge in [0.1, 0.15) is 0 Å². The summed E-state index contributed by atoms with van der Waals surface area (Å²) in [5, 5.41) is 11.9. The predicted molar refractivity (Wildman–Crippen MR) is 83.1 cm³/mol. The molecule has 0 saturated carbocycles. The van der Waals surface area contributed by atoms with Gasteiger partial charge in [-0.1, -0.05) is 6.07 Å². The second-order valence-corrected chi connectivity index (χ2v) is 5.29. The lowest BCUT2D eigenvalue weighted by Crippen LogP contribution is -2.15. The fraction of sp³-hybridized carbons (Fsp3) is 0.375. The molecule has 0 fully saturated rings. The highest BCUT2D eigenvalue weighted by Gasteiger charge is 2.08. The molecule has 5 nitrogen and oxygen atoms in total. The average Bonchev–Trinajstić information content (AvgIpc) is 3.01. The van der Waals surface area contributed by atoms with Gasteiger partial charge in [0, 0.05) is 30.7 Å². The molecule has 3 aromatic rings. The number of hydrogen-bond acceptors (Lipinski definition) is 3. The highest BCUT2D eigenvalue weighted by Crippen LogP contribution is 2.14. The summed E-state index contributed by atoms with van der Waals surface area (Å²) in [6.07, 6.45) is 2.00. The maximum Gasteiger partial charge on any atom is 0.160 e. The molecule has 21 heavy (non-hydrogen) atoms. The zero-order chi connectivity index (χ0) is 14.8. The molecule has 5 heteroatoms. The van der Waals surface area contributed by atoms with Gasteiger partial charge in [-0.05, 0) is 44.5 Å². The van der Waals surface area contributed by atoms with Crippen LogP contribution in [0.2, 0.25) is 0 Å². The minimum absolute atomic E-state index is 0.709. The molecule has 3 heterocycles. The lowest BCUT2D eigenvalue weighted by molar-refractivity contribution is 0.648. The second kappa shape index (κ2) is 5.69. The Balaban J connectivity index is 1.69. The van der Waals surface area contributed by atoms with Gasteiger partial charge >= 0.3 is 0 Å². The van der Waals surface area contributed by atoms with E-state index in [1.807, 2.05) is 28.8 Å². The van der Waals surface area contributed by atoms with Gasteiger partial charge in [0.15, 0.2) is 11.5 Å². The minimum atomic E-state index is 0.709. The third-order valence-electron chi connectivity index (χ3n) is 3.98. The lowest BCUT2D eigenvalue weighted by Gasteiger charge is -2.07. The van der Waals surface area contributed by atoms with Crippen LogP contribution in [0.5, 0.6) is 0 Å². The first-order valence-corrected chi connectivity index (χ1v) is 7.35. The van der Waals surface area contributed by atoms with Crippen LogP contribution in [0.1, 0.15) is 29.7 Å². The zero-order valence-electron chi connectivity index (χ0n) is 12.8. The molecule has 0 unspecified atom stereocenters. The molecule has 0 radical (unpaired) electrons. The van der Waals surface area contributed by atoms with Crippen LogP contribution < -0.4 is 5.32 Å². The van der Waals surface area contributed by atoms with Crippen molar-refractivity contribution in [2.75, 3.05) is 0 Å². The summed E-state index contributed by atoms with van der Waals surface area (Å²) in [4.78, 5) is 0. The first-order chi connectivity index (χ1) is 10.2. The Kier molecular flexibility index (Phi) is 3.75. The topological polar surface area (TPSA) is 47.2 Å². The van der Waals surface area contributed by atoms with Crippen molar-refractivity contribution in [1.82, 2.24) is 24.5 Å². The summed E-state index contributed by atoms with van der Waals surface area (Å²) in [6.45, 7) is 9.10. The molecule has 110 valence electrons. The number of nitrogens with one attached hydrogen (secondary N) is 1. The quantitative estimate of drug-likeness (QED) is 0.782. The molecule has 0 aliphatic rings. The third kappa shape index (κ3) is 2.56. The van der Waals surface area contributed by atoms with Gasteiger partial charge in [-0.25, -0.2) is 0 Å². The Morgan fingerprint density at radius 3 is 2.76 bits per heavy atom. The Labute approximate surface area is 124 Å². The highest BCUT2D eigenvalue weighted by molar-refractivity contribution is 5.37. The number of fused-ring (bicyclic) bond motifs is 1. The van der Waals surface area contributed by atoms with E-state index in [-0.39, 0.29) is 0 Å². The third-order valence-corrected chi connectivity index (χ3v) is 3.98. The maximum absolute atomic E-state index is 4.23. The summed E-state index contributed by atoms with van der Waals surface area (Å²) in [5.74, 6) is 0.940. The normalized spacial score (nSPS) is 11.4. The van der Waals surface area contributed by atoms with Gasteiger partial charge < -0.3 is 9.88 Å². The SMILES string of the molecule is CCn1c(C)cc(CNCc2nnc3ccccn23)c1C. The molecular weight excluding hydrogens is 262 g/mol. The minimum Gasteiger partial charge on any atom is -0.349 e. The van der Waals surface area contributed by atoms with Crippen LogP contribution in [0, 0.1) is 13.8 Å². The van der Waals surface area contributed by atoms with E-state index in [0.29, 0.717) is 6.54 Å². The van der Waals surface area contributed by atoms with Crippen molar-refractivity contribution in [2.45, 2.75) is 40.4 Å². The Hall–Kier alpha value is -2.14. The smallest absolute Gasteiger partial charge is 0.160 e. The number of rotatable bonds is 5. The molecule has 0 spiro atoms. The van der Waals surface area contributed by atoms with Crippen molar-refractivity contribution in [3.63, 3.8) is 0 Å². The fourth-order valence-electron chi connectivity index (χ4n) is 2.86. The van der Waals surface area contributed by atoms with Gasteiger partial charge in [0.2, 0.25) is 0 Å². The number of aromatic nitrogens is 4. The van der Waals surface area contributed by atoms with Crippen molar-refractivity contribution < 1.29 is 0 Å². The van der Waals surface area contributed by atoms with E-state index in [9.17, 15) is 0 Å². The van der Waals surface area contributed by atoms with Crippen molar-refractivity contribution in [2.24, 2.45) is 0 Å². The van der Waals surface area contributed by atoms with E-state index in [2.05, 4.69) is 46.9 Å². The first kappa shape index (κ1) is 13.8. The average molecular weight is 283 g/mol. The molecule has 0 saturated heterocycles. The summed E-state index contributed by atoms with van der Waals surface area (Å²) in [5.41, 5.74) is 4.90. The Bertz CT molecular complexity index is 753. The monoisotopic (exact) mass is 283 g/mol. The molecule has 0 atom stereocenters. The van der Waals surface area contributed by atoms with E-state index in [0.717, 1.165) is 24.6 Å². The zero-order valence-corrected chi connectivity index (χ0v) is 12.8. The summed E-state index contributed by atoms with van der Waals surface area (Å²) in [6, 6.07) is 8.19. The van der Waals surface area contributed by atoms with Gasteiger partial charge in [-0.15, -0.1) is 10.2 Å². The fourth-order valence-corrected chi connectivity index (χ4v) is 2.86. The van der Waals surface area contributed by atoms with E-state index in [1.165, 1.54) is 17.0 Å². The van der Waals surface area contributed by atoms with E-state index in [1.54, 1.807) is 0 Å². The molecule has 3 aromatic heterocycles. The van der Waals surface area contributed by atoms with E-state index >= 15 is 0 Å². The molecule has 0 aromatic carbocycles. The number of hydrogen-bond donors (Lipinski definition) is 1. The van der Waals surface area contributed by atoms with Crippen molar-refractivity contribution in [3.8, 4) is 0 Å². The Morgan fingerprint density at radius 1 is 1.14 bits per heavy atom. The Morgan fingerprint density at radius 2 is 2.00 bits per heavy atom. The van der Waals surface area contributed by atoms with Crippen LogP contribution >= 0.6 is 0 Å². The van der Waals surface area contributed by atoms with Crippen molar-refractivity contribution in [3.05, 3.63) is 53.2 Å². The number of pyridine rings is 1. The molecule has 3 rings (SSSR count). The molecular formula is C16H21N5. The summed E-state index contributed by atoms with van der Waals surface area (Å²) < 4.78 is 4.35. The van der Waals surface area contributed by atoms with Crippen molar-refractivity contribution in [1.29, 1.82) is 0 Å². The first-order valence-electron chi connectivity index (χ1n) is 7.35. The second-order valence-electron chi connectivity index (χ2n) is 5.29. The van der Waals surface area contributed by atoms with E-state index in [4.69, 9.17) is 0 Å². The van der Waals surface area contributed by atoms with Gasteiger partial charge in [-0.2, -0.15) is 0 Å². The number of nitrogens with zero attached hydrogens (tertiary/aromatic N) is 4. The predicted octanol–water partition coefficient (Wildman–Crippen LogP) is 2.46. The van der Waals surface area contributed by atoms with E-state index < -0.39 is 0 Å². The van der Waals surface area contributed by atoms with Crippen LogP contribution in [-0.4, -0.2) is 19.2 Å².